The molecule has 0 fully saturated rings. The van der Waals surface area contributed by atoms with E-state index in [4.69, 9.17) is 0 Å². The van der Waals surface area contributed by atoms with E-state index < -0.39 is 0 Å². The molecule has 0 aliphatic carbocycles. The van der Waals surface area contributed by atoms with Crippen molar-refractivity contribution in [3.05, 3.63) is 121 Å². The van der Waals surface area contributed by atoms with Crippen LogP contribution in [0.2, 0.25) is 0 Å². The van der Waals surface area contributed by atoms with E-state index in [-0.39, 0.29) is 13.4 Å². The van der Waals surface area contributed by atoms with Crippen LogP contribution in [0, 0.1) is 0 Å². The lowest BCUT2D eigenvalue weighted by atomic mass is 9.32. The number of rotatable bonds is 0. The summed E-state index contributed by atoms with van der Waals surface area (Å²) in [4.78, 5) is 5.57. The topological polar surface area (TPSA) is 0 Å². The van der Waals surface area contributed by atoms with Crippen LogP contribution in [0.3, 0.4) is 0 Å². The van der Waals surface area contributed by atoms with Crippen LogP contribution in [0.1, 0.15) is 0 Å². The molecular formula is C40H20B2S2. The monoisotopic (exact) mass is 586 g/mol. The Morgan fingerprint density at radius 2 is 0.795 bits per heavy atom. The molecule has 0 nitrogen and oxygen atoms in total. The molecule has 0 saturated carbocycles. The lowest BCUT2D eigenvalue weighted by Gasteiger charge is -2.36. The lowest BCUT2D eigenvalue weighted by Crippen LogP contribution is -2.58. The van der Waals surface area contributed by atoms with Crippen LogP contribution in [-0.2, 0) is 0 Å². The molecule has 0 spiro atoms. The lowest BCUT2D eigenvalue weighted by molar-refractivity contribution is 1.43. The second-order valence-electron chi connectivity index (χ2n) is 12.7. The first-order valence-corrected chi connectivity index (χ1v) is 17.1. The number of benzene rings is 8. The summed E-state index contributed by atoms with van der Waals surface area (Å²) in [5, 5.41) is 8.53. The Kier molecular flexibility index (Phi) is 4.10. The normalized spacial score (nSPS) is 14.5. The molecule has 12 rings (SSSR count). The molecule has 0 aromatic heterocycles. The van der Waals surface area contributed by atoms with Crippen molar-refractivity contribution in [3.63, 3.8) is 0 Å². The molecule has 4 aliphatic rings. The highest BCUT2D eigenvalue weighted by Crippen LogP contribution is 2.46. The fourth-order valence-corrected chi connectivity index (χ4v) is 11.5. The molecule has 0 atom stereocenters. The molecular weight excluding hydrogens is 566 g/mol. The van der Waals surface area contributed by atoms with Crippen molar-refractivity contribution in [2.75, 3.05) is 0 Å². The molecule has 4 heterocycles. The van der Waals surface area contributed by atoms with Crippen LogP contribution in [0.5, 0.6) is 0 Å². The van der Waals surface area contributed by atoms with Gasteiger partial charge in [0.25, 0.3) is 0 Å². The fourth-order valence-electron chi connectivity index (χ4n) is 9.15. The highest BCUT2D eigenvalue weighted by atomic mass is 32.2. The first-order chi connectivity index (χ1) is 21.8. The van der Waals surface area contributed by atoms with Crippen molar-refractivity contribution >= 4 is 102 Å². The Balaban J connectivity index is 1.28. The molecule has 8 aromatic rings. The molecule has 0 N–H and O–H groups in total. The van der Waals surface area contributed by atoms with Gasteiger partial charge in [-0.1, -0.05) is 142 Å². The molecule has 8 aromatic carbocycles. The van der Waals surface area contributed by atoms with Gasteiger partial charge in [-0.15, -0.1) is 0 Å². The average Bonchev–Trinajstić information content (AvgIpc) is 3.07. The average molecular weight is 586 g/mol. The standard InChI is InChI=1S/C40H20B2S2/c1-3-11-31-27(9-1)41-29-19-21-15-18-24-26-8-6-14-34-40(26)42(28-10-2-4-12-32(28)44-34)30-20-22-16-17-23(37(29)35(22)36(21)38(24)30)25-7-5-13-33(43-31)39(25)41/h1-20H. The highest BCUT2D eigenvalue weighted by Gasteiger charge is 2.41. The SMILES string of the molecule is c1ccc2c(c1)Sc1cccc3c1B2c1cc2ccc4c5c(cc6ccc-3c1c6c25)B1c2ccccc2Sc2cccc-4c21. The summed E-state index contributed by atoms with van der Waals surface area (Å²) in [5.41, 5.74) is 14.4. The van der Waals surface area contributed by atoms with Gasteiger partial charge < -0.3 is 0 Å². The summed E-state index contributed by atoms with van der Waals surface area (Å²) in [6.07, 6.45) is 0. The number of hydrogen-bond acceptors (Lipinski definition) is 2. The largest absolute Gasteiger partial charge is 0.245 e. The second kappa shape index (κ2) is 7.82. The van der Waals surface area contributed by atoms with E-state index in [1.54, 1.807) is 0 Å². The highest BCUT2D eigenvalue weighted by molar-refractivity contribution is 8.00. The third-order valence-corrected chi connectivity index (χ3v) is 13.1. The van der Waals surface area contributed by atoms with Crippen LogP contribution in [0.4, 0.5) is 0 Å². The summed E-state index contributed by atoms with van der Waals surface area (Å²) in [6, 6.07) is 46.8. The second-order valence-corrected chi connectivity index (χ2v) is 14.9. The summed E-state index contributed by atoms with van der Waals surface area (Å²) in [6.45, 7) is 0.496. The molecule has 0 amide bonds. The summed E-state index contributed by atoms with van der Waals surface area (Å²) >= 11 is 3.87. The van der Waals surface area contributed by atoms with E-state index in [0.717, 1.165) is 0 Å². The third kappa shape index (κ3) is 2.59. The maximum Gasteiger partial charge on any atom is 0.245 e. The van der Waals surface area contributed by atoms with Crippen molar-refractivity contribution in [1.82, 2.24) is 0 Å². The first kappa shape index (κ1) is 23.1. The fraction of sp³-hybridized carbons (Fsp3) is 0. The van der Waals surface area contributed by atoms with Crippen molar-refractivity contribution in [2.45, 2.75) is 19.6 Å². The van der Waals surface area contributed by atoms with Gasteiger partial charge in [-0.3, -0.25) is 0 Å². The summed E-state index contributed by atoms with van der Waals surface area (Å²) in [5.74, 6) is 0. The maximum absolute atomic E-state index is 2.56. The van der Waals surface area contributed by atoms with Crippen molar-refractivity contribution < 1.29 is 0 Å². The van der Waals surface area contributed by atoms with Crippen molar-refractivity contribution in [2.24, 2.45) is 0 Å². The minimum atomic E-state index is 0.248. The van der Waals surface area contributed by atoms with Crippen LogP contribution in [-0.4, -0.2) is 13.4 Å². The van der Waals surface area contributed by atoms with Gasteiger partial charge in [0.2, 0.25) is 13.4 Å². The Hall–Kier alpha value is -4.37. The van der Waals surface area contributed by atoms with Gasteiger partial charge in [0.15, 0.2) is 0 Å². The molecule has 0 radical (unpaired) electrons. The molecule has 4 heteroatoms. The smallest absolute Gasteiger partial charge is 0.0911 e. The molecule has 0 unspecified atom stereocenters. The van der Waals surface area contributed by atoms with Crippen LogP contribution >= 0.6 is 23.5 Å². The first-order valence-electron chi connectivity index (χ1n) is 15.4. The van der Waals surface area contributed by atoms with Gasteiger partial charge in [-0.25, -0.2) is 0 Å². The van der Waals surface area contributed by atoms with Gasteiger partial charge in [0.1, 0.15) is 0 Å². The predicted octanol–water partition coefficient (Wildman–Crippen LogP) is 6.51. The van der Waals surface area contributed by atoms with Gasteiger partial charge in [-0.2, -0.15) is 0 Å². The van der Waals surface area contributed by atoms with Crippen LogP contribution in [0.15, 0.2) is 141 Å². The van der Waals surface area contributed by atoms with E-state index in [9.17, 15) is 0 Å². The Morgan fingerprint density at radius 3 is 1.30 bits per heavy atom. The Bertz CT molecular complexity index is 2450. The molecule has 44 heavy (non-hydrogen) atoms. The number of hydrogen-bond donors (Lipinski definition) is 0. The molecule has 198 valence electrons. The van der Waals surface area contributed by atoms with E-state index >= 15 is 0 Å². The zero-order valence-electron chi connectivity index (χ0n) is 23.5. The van der Waals surface area contributed by atoms with Gasteiger partial charge in [-0.05, 0) is 89.8 Å². The van der Waals surface area contributed by atoms with Crippen molar-refractivity contribution in [1.29, 1.82) is 0 Å². The van der Waals surface area contributed by atoms with E-state index in [1.807, 2.05) is 23.5 Å². The van der Waals surface area contributed by atoms with Crippen molar-refractivity contribution in [3.8, 4) is 22.3 Å². The zero-order chi connectivity index (χ0) is 28.3. The zero-order valence-corrected chi connectivity index (χ0v) is 25.2. The summed E-state index contributed by atoms with van der Waals surface area (Å²) in [7, 11) is 0. The van der Waals surface area contributed by atoms with Crippen LogP contribution in [0.25, 0.3) is 54.6 Å². The maximum atomic E-state index is 2.56. The Morgan fingerprint density at radius 1 is 0.341 bits per heavy atom. The van der Waals surface area contributed by atoms with Gasteiger partial charge >= 0.3 is 0 Å². The van der Waals surface area contributed by atoms with E-state index in [2.05, 4.69) is 121 Å². The van der Waals surface area contributed by atoms with Gasteiger partial charge in [0.05, 0.1) is 0 Å². The molecule has 0 bridgehead atoms. The van der Waals surface area contributed by atoms with Gasteiger partial charge in [0, 0.05) is 19.6 Å². The Labute approximate surface area is 264 Å². The molecule has 4 aliphatic heterocycles. The minimum absolute atomic E-state index is 0.248. The van der Waals surface area contributed by atoms with E-state index in [0.29, 0.717) is 0 Å². The third-order valence-electron chi connectivity index (χ3n) is 10.7. The van der Waals surface area contributed by atoms with Crippen LogP contribution < -0.4 is 32.8 Å². The quantitative estimate of drug-likeness (QED) is 0.147. The minimum Gasteiger partial charge on any atom is -0.0911 e. The molecule has 0 saturated heterocycles. The predicted molar refractivity (Wildman–Crippen MR) is 191 cm³/mol. The number of fused-ring (bicyclic) bond motifs is 8. The summed E-state index contributed by atoms with van der Waals surface area (Å²) < 4.78 is 0. The van der Waals surface area contributed by atoms with E-state index in [1.165, 1.54) is 107 Å².